The van der Waals surface area contributed by atoms with Crippen molar-refractivity contribution in [1.29, 1.82) is 0 Å². The molecule has 5 heteroatoms. The molecule has 0 saturated heterocycles. The van der Waals surface area contributed by atoms with E-state index in [1.165, 1.54) is 109 Å². The van der Waals surface area contributed by atoms with Gasteiger partial charge in [0.1, 0.15) is 18.3 Å². The van der Waals surface area contributed by atoms with Crippen LogP contribution < -0.4 is 0 Å². The van der Waals surface area contributed by atoms with Crippen molar-refractivity contribution in [3.8, 4) is 0 Å². The summed E-state index contributed by atoms with van der Waals surface area (Å²) >= 11 is 0. The van der Waals surface area contributed by atoms with E-state index in [-0.39, 0.29) is 18.4 Å². The zero-order valence-electron chi connectivity index (χ0n) is 29.3. The van der Waals surface area contributed by atoms with Crippen LogP contribution in [0.5, 0.6) is 0 Å². The molecule has 0 bridgehead atoms. The highest BCUT2D eigenvalue weighted by Gasteiger charge is 2.31. The van der Waals surface area contributed by atoms with Gasteiger partial charge in [0.2, 0.25) is 0 Å². The predicted octanol–water partition coefficient (Wildman–Crippen LogP) is 10.9. The molecular weight excluding hydrogens is 524 g/mol. The van der Waals surface area contributed by atoms with Crippen LogP contribution in [0.3, 0.4) is 0 Å². The molecule has 0 aliphatic carbocycles. The van der Waals surface area contributed by atoms with Crippen molar-refractivity contribution in [2.45, 2.75) is 200 Å². The maximum Gasteiger partial charge on any atom is 0.316 e. The van der Waals surface area contributed by atoms with Crippen molar-refractivity contribution in [2.24, 2.45) is 5.92 Å². The number of ether oxygens (including phenoxy) is 3. The first kappa shape index (κ1) is 41.1. The smallest absolute Gasteiger partial charge is 0.316 e. The minimum absolute atomic E-state index is 0.0612. The molecule has 0 aliphatic heterocycles. The third kappa shape index (κ3) is 24.5. The Hall–Kier alpha value is -0.940. The lowest BCUT2D eigenvalue weighted by Gasteiger charge is -2.31. The molecular formula is C37H72O5. The molecule has 0 rings (SSSR count). The zero-order chi connectivity index (χ0) is 31.5. The van der Waals surface area contributed by atoms with Crippen LogP contribution in [0.25, 0.3) is 0 Å². The van der Waals surface area contributed by atoms with E-state index in [9.17, 15) is 9.59 Å². The highest BCUT2D eigenvalue weighted by atomic mass is 16.6. The highest BCUT2D eigenvalue weighted by molar-refractivity contribution is 5.98. The van der Waals surface area contributed by atoms with Gasteiger partial charge in [0.05, 0.1) is 17.8 Å². The molecule has 1 atom stereocenters. The van der Waals surface area contributed by atoms with Crippen molar-refractivity contribution in [3.05, 3.63) is 0 Å². The molecule has 0 spiro atoms. The lowest BCUT2D eigenvalue weighted by Crippen LogP contribution is -2.40. The second-order valence-corrected chi connectivity index (χ2v) is 13.9. The molecule has 0 aliphatic rings. The van der Waals surface area contributed by atoms with Crippen LogP contribution in [0, 0.1) is 5.92 Å². The van der Waals surface area contributed by atoms with Gasteiger partial charge < -0.3 is 14.2 Å². The fourth-order valence-corrected chi connectivity index (χ4v) is 5.20. The number of carbonyl (C=O) groups is 2. The van der Waals surface area contributed by atoms with E-state index < -0.39 is 17.1 Å². The molecule has 0 fully saturated rings. The zero-order valence-corrected chi connectivity index (χ0v) is 29.3. The molecule has 0 amide bonds. The SMILES string of the molecule is CCCCCCCCCCCCCC(=O)C(CCCCCCCCCCCC)C(=O)OCC(C)(C)OCC(C)(C)OC. The summed E-state index contributed by atoms with van der Waals surface area (Å²) in [5, 5.41) is 0. The number of hydrogen-bond donors (Lipinski definition) is 0. The Balaban J connectivity index is 4.57. The Labute approximate surface area is 262 Å². The van der Waals surface area contributed by atoms with Crippen LogP contribution in [0.2, 0.25) is 0 Å². The van der Waals surface area contributed by atoms with E-state index in [4.69, 9.17) is 14.2 Å². The Morgan fingerprint density at radius 3 is 1.38 bits per heavy atom. The summed E-state index contributed by atoms with van der Waals surface area (Å²) in [4.78, 5) is 26.4. The largest absolute Gasteiger partial charge is 0.462 e. The molecule has 0 saturated carbocycles. The number of ketones is 1. The number of rotatable bonds is 31. The van der Waals surface area contributed by atoms with E-state index in [1.54, 1.807) is 7.11 Å². The third-order valence-corrected chi connectivity index (χ3v) is 8.47. The van der Waals surface area contributed by atoms with Crippen LogP contribution in [-0.4, -0.2) is 43.3 Å². The fraction of sp³-hybridized carbons (Fsp3) is 0.946. The number of esters is 1. The third-order valence-electron chi connectivity index (χ3n) is 8.47. The average molecular weight is 597 g/mol. The van der Waals surface area contributed by atoms with Gasteiger partial charge >= 0.3 is 5.97 Å². The van der Waals surface area contributed by atoms with E-state index in [1.807, 2.05) is 27.7 Å². The minimum Gasteiger partial charge on any atom is -0.462 e. The summed E-state index contributed by atoms with van der Waals surface area (Å²) < 4.78 is 17.2. The molecule has 0 aromatic heterocycles. The summed E-state index contributed by atoms with van der Waals surface area (Å²) in [7, 11) is 1.66. The first-order valence-corrected chi connectivity index (χ1v) is 18.0. The molecule has 0 heterocycles. The molecule has 250 valence electrons. The Morgan fingerprint density at radius 1 is 0.548 bits per heavy atom. The van der Waals surface area contributed by atoms with Crippen LogP contribution in [-0.2, 0) is 23.8 Å². The molecule has 5 nitrogen and oxygen atoms in total. The Bertz CT molecular complexity index is 642. The number of hydrogen-bond acceptors (Lipinski definition) is 5. The van der Waals surface area contributed by atoms with Crippen LogP contribution in [0.15, 0.2) is 0 Å². The molecule has 0 radical (unpaired) electrons. The predicted molar refractivity (Wildman–Crippen MR) is 178 cm³/mol. The van der Waals surface area contributed by atoms with Gasteiger partial charge in [-0.05, 0) is 40.5 Å². The first-order valence-electron chi connectivity index (χ1n) is 18.0. The maximum absolute atomic E-state index is 13.2. The topological polar surface area (TPSA) is 61.8 Å². The van der Waals surface area contributed by atoms with Gasteiger partial charge in [0, 0.05) is 13.5 Å². The lowest BCUT2D eigenvalue weighted by molar-refractivity contribution is -0.165. The van der Waals surface area contributed by atoms with E-state index in [2.05, 4.69) is 13.8 Å². The van der Waals surface area contributed by atoms with Crippen molar-refractivity contribution in [2.75, 3.05) is 20.3 Å². The molecule has 1 unspecified atom stereocenters. The summed E-state index contributed by atoms with van der Waals surface area (Å²) in [6.07, 6.45) is 27.2. The van der Waals surface area contributed by atoms with Crippen molar-refractivity contribution < 1.29 is 23.8 Å². The normalized spacial score (nSPS) is 12.9. The molecule has 0 aromatic carbocycles. The Kier molecular flexibility index (Phi) is 25.9. The van der Waals surface area contributed by atoms with Crippen LogP contribution in [0.1, 0.15) is 189 Å². The van der Waals surface area contributed by atoms with Crippen molar-refractivity contribution in [1.82, 2.24) is 0 Å². The van der Waals surface area contributed by atoms with Crippen molar-refractivity contribution >= 4 is 11.8 Å². The van der Waals surface area contributed by atoms with Gasteiger partial charge in [-0.1, -0.05) is 142 Å². The van der Waals surface area contributed by atoms with Gasteiger partial charge in [-0.2, -0.15) is 0 Å². The number of carbonyl (C=O) groups excluding carboxylic acids is 2. The van der Waals surface area contributed by atoms with E-state index >= 15 is 0 Å². The number of unbranched alkanes of at least 4 members (excludes halogenated alkanes) is 19. The van der Waals surface area contributed by atoms with Gasteiger partial charge in [0.15, 0.2) is 0 Å². The fourth-order valence-electron chi connectivity index (χ4n) is 5.20. The van der Waals surface area contributed by atoms with Gasteiger partial charge in [-0.15, -0.1) is 0 Å². The highest BCUT2D eigenvalue weighted by Crippen LogP contribution is 2.21. The molecule has 42 heavy (non-hydrogen) atoms. The maximum atomic E-state index is 13.2. The lowest BCUT2D eigenvalue weighted by atomic mass is 9.92. The van der Waals surface area contributed by atoms with Crippen molar-refractivity contribution in [3.63, 3.8) is 0 Å². The summed E-state index contributed by atoms with van der Waals surface area (Å²) in [5.74, 6) is -0.957. The van der Waals surface area contributed by atoms with Crippen LogP contribution in [0.4, 0.5) is 0 Å². The van der Waals surface area contributed by atoms with E-state index in [0.29, 0.717) is 19.4 Å². The molecule has 0 aromatic rings. The van der Waals surface area contributed by atoms with Gasteiger partial charge in [0.25, 0.3) is 0 Å². The van der Waals surface area contributed by atoms with Gasteiger partial charge in [-0.3, -0.25) is 9.59 Å². The summed E-state index contributed by atoms with van der Waals surface area (Å²) in [6, 6.07) is 0. The molecule has 0 N–H and O–H groups in total. The number of Topliss-reactive ketones (excluding diaryl/α,β-unsaturated/α-hetero) is 1. The Morgan fingerprint density at radius 2 is 0.952 bits per heavy atom. The second kappa shape index (κ2) is 26.5. The number of methoxy groups -OCH3 is 1. The van der Waals surface area contributed by atoms with E-state index in [0.717, 1.165) is 25.7 Å². The standard InChI is InChI=1S/C37H72O5/c1-8-10-12-14-16-18-20-22-24-26-28-30-34(38)33(29-27-25-23-21-19-17-15-13-11-9-2)35(39)41-31-37(5,6)42-32-36(3,4)40-7/h33H,8-32H2,1-7H3. The monoisotopic (exact) mass is 597 g/mol. The second-order valence-electron chi connectivity index (χ2n) is 13.9. The first-order chi connectivity index (χ1) is 20.1. The average Bonchev–Trinajstić information content (AvgIpc) is 2.96. The quantitative estimate of drug-likeness (QED) is 0.0452. The summed E-state index contributed by atoms with van der Waals surface area (Å²) in [5.41, 5.74) is -1.06. The minimum atomic E-state index is -0.647. The van der Waals surface area contributed by atoms with Gasteiger partial charge in [-0.25, -0.2) is 0 Å². The summed E-state index contributed by atoms with van der Waals surface area (Å²) in [6.45, 7) is 12.8. The van der Waals surface area contributed by atoms with Crippen LogP contribution >= 0.6 is 0 Å².